The number of aromatic amines is 1. The van der Waals surface area contributed by atoms with Crippen LogP contribution in [0.25, 0.3) is 22.0 Å². The largest absolute Gasteiger partial charge is 0.443 e. The Labute approximate surface area is 170 Å². The number of H-pyrrole nitrogens is 1. The van der Waals surface area contributed by atoms with Crippen LogP contribution < -0.4 is 10.5 Å². The molecule has 3 aromatic rings. The molecule has 0 bridgehead atoms. The minimum atomic E-state index is -4.55. The number of carbonyl (C=O) groups is 1. The van der Waals surface area contributed by atoms with Gasteiger partial charge < -0.3 is 9.72 Å². The van der Waals surface area contributed by atoms with Crippen molar-refractivity contribution in [2.45, 2.75) is 26.1 Å². The highest BCUT2D eigenvalue weighted by molar-refractivity contribution is 5.95. The van der Waals surface area contributed by atoms with Gasteiger partial charge in [-0.15, -0.1) is 0 Å². The summed E-state index contributed by atoms with van der Waals surface area (Å²) in [6.07, 6.45) is -5.38. The Morgan fingerprint density at radius 3 is 2.50 bits per heavy atom. The molecule has 1 atom stereocenters. The molecule has 1 radical (unpaired) electrons. The SMILES string of the molecule is C[C](C)[C@H]1CN(c2ccc3cc(-c4ccccc4C(F)(F)F)[nH]c(=O)c3c2)C(=O)O1. The zero-order valence-corrected chi connectivity index (χ0v) is 16.2. The third-order valence-corrected chi connectivity index (χ3v) is 5.12. The van der Waals surface area contributed by atoms with Crippen LogP contribution in [0.15, 0.2) is 53.3 Å². The normalized spacial score (nSPS) is 17.1. The molecule has 0 saturated carbocycles. The number of aromatic nitrogens is 1. The molecule has 1 aromatic heterocycles. The molecule has 1 aliphatic rings. The lowest BCUT2D eigenvalue weighted by molar-refractivity contribution is -0.137. The van der Waals surface area contributed by atoms with Crippen molar-refractivity contribution in [1.82, 2.24) is 4.98 Å². The number of hydrogen-bond donors (Lipinski definition) is 1. The number of pyridine rings is 1. The molecule has 4 rings (SSSR count). The van der Waals surface area contributed by atoms with Crippen LogP contribution in [0.1, 0.15) is 19.4 Å². The number of halogens is 3. The van der Waals surface area contributed by atoms with Gasteiger partial charge in [0.2, 0.25) is 0 Å². The van der Waals surface area contributed by atoms with Gasteiger partial charge in [-0.05, 0) is 29.7 Å². The van der Waals surface area contributed by atoms with Gasteiger partial charge in [0, 0.05) is 28.2 Å². The average molecular weight is 415 g/mol. The first-order valence-electron chi connectivity index (χ1n) is 9.27. The minimum absolute atomic E-state index is 0.0741. The number of nitrogens with zero attached hydrogens (tertiary/aromatic N) is 1. The highest BCUT2D eigenvalue weighted by atomic mass is 19.4. The maximum atomic E-state index is 13.4. The number of anilines is 1. The van der Waals surface area contributed by atoms with Crippen LogP contribution >= 0.6 is 0 Å². The van der Waals surface area contributed by atoms with Crippen molar-refractivity contribution in [2.24, 2.45) is 0 Å². The average Bonchev–Trinajstić information content (AvgIpc) is 3.09. The van der Waals surface area contributed by atoms with Gasteiger partial charge in [-0.3, -0.25) is 9.69 Å². The number of ether oxygens (including phenoxy) is 1. The molecule has 0 spiro atoms. The van der Waals surface area contributed by atoms with Gasteiger partial charge in [-0.25, -0.2) is 4.79 Å². The molecular weight excluding hydrogens is 397 g/mol. The smallest absolute Gasteiger partial charge is 0.417 e. The second kappa shape index (κ2) is 7.19. The Morgan fingerprint density at radius 2 is 1.83 bits per heavy atom. The zero-order chi connectivity index (χ0) is 21.6. The van der Waals surface area contributed by atoms with Crippen LogP contribution in [0.5, 0.6) is 0 Å². The van der Waals surface area contributed by atoms with Crippen molar-refractivity contribution >= 4 is 22.6 Å². The van der Waals surface area contributed by atoms with Gasteiger partial charge in [-0.1, -0.05) is 38.1 Å². The second-order valence-electron chi connectivity index (χ2n) is 7.39. The first-order valence-corrected chi connectivity index (χ1v) is 9.27. The molecule has 2 aromatic carbocycles. The van der Waals surface area contributed by atoms with E-state index in [9.17, 15) is 22.8 Å². The number of alkyl halides is 3. The third-order valence-electron chi connectivity index (χ3n) is 5.12. The molecule has 0 aliphatic carbocycles. The van der Waals surface area contributed by atoms with E-state index in [4.69, 9.17) is 4.74 Å². The first kappa shape index (κ1) is 20.0. The van der Waals surface area contributed by atoms with Crippen LogP contribution in [-0.4, -0.2) is 23.7 Å². The van der Waals surface area contributed by atoms with E-state index in [0.29, 0.717) is 17.6 Å². The van der Waals surface area contributed by atoms with E-state index in [-0.39, 0.29) is 22.7 Å². The Balaban J connectivity index is 1.77. The maximum absolute atomic E-state index is 13.4. The molecule has 155 valence electrons. The summed E-state index contributed by atoms with van der Waals surface area (Å²) in [5, 5.41) is 0.742. The number of amides is 1. The Hall–Kier alpha value is -3.29. The predicted molar refractivity (Wildman–Crippen MR) is 107 cm³/mol. The highest BCUT2D eigenvalue weighted by Gasteiger charge is 2.35. The van der Waals surface area contributed by atoms with Crippen molar-refractivity contribution in [1.29, 1.82) is 0 Å². The van der Waals surface area contributed by atoms with Gasteiger partial charge in [0.25, 0.3) is 5.56 Å². The molecular formula is C22H18F3N2O3. The van der Waals surface area contributed by atoms with Crippen molar-refractivity contribution in [3.8, 4) is 11.3 Å². The van der Waals surface area contributed by atoms with Crippen LogP contribution in [0.3, 0.4) is 0 Å². The highest BCUT2D eigenvalue weighted by Crippen LogP contribution is 2.37. The topological polar surface area (TPSA) is 62.4 Å². The second-order valence-corrected chi connectivity index (χ2v) is 7.39. The van der Waals surface area contributed by atoms with Crippen molar-refractivity contribution in [3.05, 3.63) is 70.4 Å². The lowest BCUT2D eigenvalue weighted by Crippen LogP contribution is -2.25. The summed E-state index contributed by atoms with van der Waals surface area (Å²) in [5.41, 5.74) is -0.902. The van der Waals surface area contributed by atoms with Gasteiger partial charge in [0.1, 0.15) is 6.10 Å². The molecule has 5 nitrogen and oxygen atoms in total. The third kappa shape index (κ3) is 3.53. The van der Waals surface area contributed by atoms with Crippen LogP contribution in [-0.2, 0) is 10.9 Å². The molecule has 2 heterocycles. The van der Waals surface area contributed by atoms with Crippen molar-refractivity contribution in [3.63, 3.8) is 0 Å². The summed E-state index contributed by atoms with van der Waals surface area (Å²) in [5.74, 6) is 0.956. The van der Waals surface area contributed by atoms with Crippen LogP contribution in [0.4, 0.5) is 23.7 Å². The summed E-state index contributed by atoms with van der Waals surface area (Å²) in [4.78, 5) is 28.8. The predicted octanol–water partition coefficient (Wildman–Crippen LogP) is 5.15. The number of hydrogen-bond acceptors (Lipinski definition) is 3. The molecule has 1 amide bonds. The van der Waals surface area contributed by atoms with Crippen molar-refractivity contribution in [2.75, 3.05) is 11.4 Å². The van der Waals surface area contributed by atoms with E-state index in [1.54, 1.807) is 18.2 Å². The van der Waals surface area contributed by atoms with Gasteiger partial charge in [0.05, 0.1) is 12.1 Å². The van der Waals surface area contributed by atoms with Gasteiger partial charge in [-0.2, -0.15) is 13.2 Å². The Morgan fingerprint density at radius 1 is 1.10 bits per heavy atom. The van der Waals surface area contributed by atoms with Gasteiger partial charge in [0.15, 0.2) is 0 Å². The Bertz CT molecular complexity index is 1180. The molecule has 1 aliphatic heterocycles. The van der Waals surface area contributed by atoms with E-state index in [0.717, 1.165) is 12.0 Å². The fraction of sp³-hybridized carbons (Fsp3) is 0.227. The zero-order valence-electron chi connectivity index (χ0n) is 16.2. The summed E-state index contributed by atoms with van der Waals surface area (Å²) < 4.78 is 45.4. The van der Waals surface area contributed by atoms with E-state index >= 15 is 0 Å². The number of rotatable bonds is 3. The quantitative estimate of drug-likeness (QED) is 0.643. The Kier molecular flexibility index (Phi) is 4.80. The summed E-state index contributed by atoms with van der Waals surface area (Å²) in [7, 11) is 0. The van der Waals surface area contributed by atoms with E-state index in [2.05, 4.69) is 4.98 Å². The maximum Gasteiger partial charge on any atom is 0.417 e. The minimum Gasteiger partial charge on any atom is -0.443 e. The van der Waals surface area contributed by atoms with Crippen molar-refractivity contribution < 1.29 is 22.7 Å². The molecule has 1 fully saturated rings. The number of carbonyl (C=O) groups excluding carboxylic acids is 1. The molecule has 30 heavy (non-hydrogen) atoms. The van der Waals surface area contributed by atoms with E-state index in [1.165, 1.54) is 29.2 Å². The summed E-state index contributed by atoms with van der Waals surface area (Å²) in [6.45, 7) is 4.07. The number of nitrogens with one attached hydrogen (secondary N) is 1. The fourth-order valence-electron chi connectivity index (χ4n) is 3.50. The summed E-state index contributed by atoms with van der Waals surface area (Å²) >= 11 is 0. The van der Waals surface area contributed by atoms with Crippen LogP contribution in [0, 0.1) is 5.92 Å². The number of cyclic esters (lactones) is 1. The summed E-state index contributed by atoms with van der Waals surface area (Å²) in [6, 6.07) is 11.4. The first-order chi connectivity index (χ1) is 14.1. The molecule has 1 N–H and O–H groups in total. The number of fused-ring (bicyclic) bond motifs is 1. The van der Waals surface area contributed by atoms with Gasteiger partial charge >= 0.3 is 12.3 Å². The lowest BCUT2D eigenvalue weighted by atomic mass is 10.0. The molecule has 8 heteroatoms. The molecule has 0 unspecified atom stereocenters. The monoisotopic (exact) mass is 415 g/mol. The van der Waals surface area contributed by atoms with E-state index < -0.39 is 23.4 Å². The molecule has 1 saturated heterocycles. The lowest BCUT2D eigenvalue weighted by Gasteiger charge is -2.15. The standard InChI is InChI=1S/C22H18F3N2O3/c1-12(2)19-11-27(21(29)30-19)14-8-7-13-9-18(26-20(28)16(13)10-14)15-5-3-4-6-17(15)22(23,24)25/h3-10,19H,11H2,1-2H3,(H,26,28)/t19-/m1/s1. The number of benzene rings is 2. The van der Waals surface area contributed by atoms with Crippen LogP contribution in [0.2, 0.25) is 0 Å². The fourth-order valence-corrected chi connectivity index (χ4v) is 3.50. The van der Waals surface area contributed by atoms with E-state index in [1.807, 2.05) is 13.8 Å².